The average Bonchev–Trinajstić information content (AvgIpc) is 2.37. The second-order valence-electron chi connectivity index (χ2n) is 4.93. The van der Waals surface area contributed by atoms with Crippen molar-refractivity contribution in [1.29, 1.82) is 0 Å². The molecule has 1 atom stereocenters. The highest BCUT2D eigenvalue weighted by Gasteiger charge is 2.30. The van der Waals surface area contributed by atoms with Crippen LogP contribution >= 0.6 is 0 Å². The molecule has 1 rings (SSSR count). The molecule has 5 nitrogen and oxygen atoms in total. The lowest BCUT2D eigenvalue weighted by atomic mass is 9.93. The van der Waals surface area contributed by atoms with E-state index in [4.69, 9.17) is 10.9 Å². The van der Waals surface area contributed by atoms with E-state index in [1.807, 2.05) is 45.0 Å². The van der Waals surface area contributed by atoms with E-state index in [0.717, 1.165) is 11.3 Å². The summed E-state index contributed by atoms with van der Waals surface area (Å²) in [6, 6.07) is 7.60. The van der Waals surface area contributed by atoms with Gasteiger partial charge in [-0.3, -0.25) is 4.79 Å². The summed E-state index contributed by atoms with van der Waals surface area (Å²) in [6.45, 7) is 5.67. The van der Waals surface area contributed by atoms with Crippen LogP contribution in [0.25, 0.3) is 0 Å². The Balaban J connectivity index is 3.08. The van der Waals surface area contributed by atoms with E-state index < -0.39 is 5.92 Å². The van der Waals surface area contributed by atoms with Crippen molar-refractivity contribution in [3.8, 4) is 0 Å². The van der Waals surface area contributed by atoms with E-state index in [2.05, 4.69) is 5.16 Å². The van der Waals surface area contributed by atoms with E-state index >= 15 is 0 Å². The van der Waals surface area contributed by atoms with Crippen LogP contribution in [0.5, 0.6) is 0 Å². The fraction of sp³-hybridized carbons (Fsp3) is 0.429. The van der Waals surface area contributed by atoms with Gasteiger partial charge in [-0.1, -0.05) is 37.2 Å². The molecule has 0 heterocycles. The zero-order chi connectivity index (χ0) is 14.6. The largest absolute Gasteiger partial charge is 0.409 e. The Labute approximate surface area is 113 Å². The molecule has 0 fully saturated rings. The smallest absolute Gasteiger partial charge is 0.237 e. The maximum Gasteiger partial charge on any atom is 0.237 e. The molecule has 3 N–H and O–H groups in total. The molecule has 0 spiro atoms. The van der Waals surface area contributed by atoms with Gasteiger partial charge in [0, 0.05) is 12.7 Å². The number of rotatable bonds is 4. The van der Waals surface area contributed by atoms with Crippen molar-refractivity contribution < 1.29 is 10.0 Å². The molecule has 0 saturated heterocycles. The fourth-order valence-electron chi connectivity index (χ4n) is 2.08. The Bertz CT molecular complexity index is 483. The van der Waals surface area contributed by atoms with Crippen LogP contribution in [-0.2, 0) is 4.79 Å². The van der Waals surface area contributed by atoms with Gasteiger partial charge in [-0.25, -0.2) is 0 Å². The van der Waals surface area contributed by atoms with Crippen LogP contribution in [0.4, 0.5) is 5.69 Å². The zero-order valence-electron chi connectivity index (χ0n) is 11.8. The molecule has 0 aliphatic carbocycles. The predicted octanol–water partition coefficient (Wildman–Crippen LogP) is 1.98. The fourth-order valence-corrected chi connectivity index (χ4v) is 2.08. The molecule has 0 bridgehead atoms. The first-order valence-corrected chi connectivity index (χ1v) is 6.20. The Kier molecular flexibility index (Phi) is 4.92. The van der Waals surface area contributed by atoms with Gasteiger partial charge in [0.2, 0.25) is 5.91 Å². The number of hydrogen-bond donors (Lipinski definition) is 2. The number of amides is 1. The molecule has 0 aliphatic heterocycles. The standard InChI is InChI=1S/C14H21N3O2/c1-9(2)12(13(15)16-19)14(18)17(4)11-8-6-5-7-10(11)3/h5-9,12,19H,1-4H3,(H2,15,16). The highest BCUT2D eigenvalue weighted by Crippen LogP contribution is 2.22. The molecule has 0 aliphatic rings. The van der Waals surface area contributed by atoms with Gasteiger partial charge in [-0.15, -0.1) is 0 Å². The number of nitrogens with zero attached hydrogens (tertiary/aromatic N) is 2. The third-order valence-electron chi connectivity index (χ3n) is 3.17. The number of nitrogens with two attached hydrogens (primary N) is 1. The second-order valence-corrected chi connectivity index (χ2v) is 4.93. The maximum atomic E-state index is 12.5. The lowest BCUT2D eigenvalue weighted by molar-refractivity contribution is -0.121. The number of aryl methyl sites for hydroxylation is 1. The minimum Gasteiger partial charge on any atom is -0.409 e. The van der Waals surface area contributed by atoms with Crippen LogP contribution in [0.1, 0.15) is 19.4 Å². The lowest BCUT2D eigenvalue weighted by Crippen LogP contribution is -2.43. The summed E-state index contributed by atoms with van der Waals surface area (Å²) in [5.41, 5.74) is 7.45. The van der Waals surface area contributed by atoms with E-state index in [1.165, 1.54) is 0 Å². The molecule has 1 aromatic carbocycles. The monoisotopic (exact) mass is 263 g/mol. The van der Waals surface area contributed by atoms with Crippen molar-refractivity contribution in [2.45, 2.75) is 20.8 Å². The zero-order valence-corrected chi connectivity index (χ0v) is 11.8. The van der Waals surface area contributed by atoms with Gasteiger partial charge < -0.3 is 15.8 Å². The third kappa shape index (κ3) is 3.24. The summed E-state index contributed by atoms with van der Waals surface area (Å²) in [6.07, 6.45) is 0. The van der Waals surface area contributed by atoms with Gasteiger partial charge in [0.25, 0.3) is 0 Å². The SMILES string of the molecule is Cc1ccccc1N(C)C(=O)C(C(N)=NO)C(C)C. The molecule has 0 radical (unpaired) electrons. The first kappa shape index (κ1) is 15.0. The van der Waals surface area contributed by atoms with Crippen LogP contribution in [0, 0.1) is 18.8 Å². The van der Waals surface area contributed by atoms with Crippen molar-refractivity contribution in [3.63, 3.8) is 0 Å². The van der Waals surface area contributed by atoms with Gasteiger partial charge in [0.05, 0.1) is 0 Å². The molecule has 0 aromatic heterocycles. The first-order chi connectivity index (χ1) is 8.90. The van der Waals surface area contributed by atoms with E-state index in [1.54, 1.807) is 11.9 Å². The van der Waals surface area contributed by atoms with Crippen molar-refractivity contribution in [1.82, 2.24) is 0 Å². The van der Waals surface area contributed by atoms with E-state index in [9.17, 15) is 4.79 Å². The van der Waals surface area contributed by atoms with Crippen LogP contribution in [0.15, 0.2) is 29.4 Å². The number of benzene rings is 1. The van der Waals surface area contributed by atoms with Crippen LogP contribution < -0.4 is 10.6 Å². The maximum absolute atomic E-state index is 12.5. The lowest BCUT2D eigenvalue weighted by Gasteiger charge is -2.26. The predicted molar refractivity (Wildman–Crippen MR) is 76.3 cm³/mol. The van der Waals surface area contributed by atoms with Crippen molar-refractivity contribution >= 4 is 17.4 Å². The molecule has 1 amide bonds. The molecule has 104 valence electrons. The Hall–Kier alpha value is -2.04. The van der Waals surface area contributed by atoms with Crippen molar-refractivity contribution in [2.75, 3.05) is 11.9 Å². The molecule has 1 unspecified atom stereocenters. The van der Waals surface area contributed by atoms with E-state index in [-0.39, 0.29) is 17.7 Å². The quantitative estimate of drug-likeness (QED) is 0.377. The molecule has 1 aromatic rings. The number of carbonyl (C=O) groups excluding carboxylic acids is 1. The molecule has 0 saturated carbocycles. The van der Waals surface area contributed by atoms with Gasteiger partial charge in [-0.05, 0) is 24.5 Å². The van der Waals surface area contributed by atoms with Crippen LogP contribution in [-0.4, -0.2) is 24.0 Å². The molecule has 19 heavy (non-hydrogen) atoms. The van der Waals surface area contributed by atoms with Gasteiger partial charge in [0.15, 0.2) is 5.84 Å². The van der Waals surface area contributed by atoms with Crippen LogP contribution in [0.2, 0.25) is 0 Å². The number of hydrogen-bond acceptors (Lipinski definition) is 3. The summed E-state index contributed by atoms with van der Waals surface area (Å²) in [4.78, 5) is 14.0. The summed E-state index contributed by atoms with van der Waals surface area (Å²) >= 11 is 0. The number of anilines is 1. The number of para-hydroxylation sites is 1. The Morgan fingerprint density at radius 2 is 1.95 bits per heavy atom. The second kappa shape index (κ2) is 6.22. The molecular formula is C14H21N3O2. The summed E-state index contributed by atoms with van der Waals surface area (Å²) < 4.78 is 0. The Morgan fingerprint density at radius 3 is 2.42 bits per heavy atom. The third-order valence-corrected chi connectivity index (χ3v) is 3.17. The van der Waals surface area contributed by atoms with Gasteiger partial charge in [0.1, 0.15) is 5.92 Å². The van der Waals surface area contributed by atoms with Crippen molar-refractivity contribution in [2.24, 2.45) is 22.7 Å². The van der Waals surface area contributed by atoms with Gasteiger partial charge in [-0.2, -0.15) is 0 Å². The Morgan fingerprint density at radius 1 is 1.37 bits per heavy atom. The number of amidine groups is 1. The number of oxime groups is 1. The molecule has 5 heteroatoms. The van der Waals surface area contributed by atoms with Crippen LogP contribution in [0.3, 0.4) is 0 Å². The molecular weight excluding hydrogens is 242 g/mol. The highest BCUT2D eigenvalue weighted by molar-refractivity contribution is 6.09. The number of carbonyl (C=O) groups is 1. The highest BCUT2D eigenvalue weighted by atomic mass is 16.4. The summed E-state index contributed by atoms with van der Waals surface area (Å²) in [7, 11) is 1.70. The minimum absolute atomic E-state index is 0.0464. The van der Waals surface area contributed by atoms with Crippen molar-refractivity contribution in [3.05, 3.63) is 29.8 Å². The minimum atomic E-state index is -0.630. The topological polar surface area (TPSA) is 78.9 Å². The van der Waals surface area contributed by atoms with E-state index in [0.29, 0.717) is 0 Å². The van der Waals surface area contributed by atoms with Gasteiger partial charge >= 0.3 is 0 Å². The average molecular weight is 263 g/mol. The normalized spacial score (nSPS) is 13.4. The summed E-state index contributed by atoms with van der Waals surface area (Å²) in [5.74, 6) is -0.912. The first-order valence-electron chi connectivity index (χ1n) is 6.20. The summed E-state index contributed by atoms with van der Waals surface area (Å²) in [5, 5.41) is 11.8.